The summed E-state index contributed by atoms with van der Waals surface area (Å²) in [6.07, 6.45) is 0. The van der Waals surface area contributed by atoms with Crippen molar-refractivity contribution in [1.29, 1.82) is 0 Å². The van der Waals surface area contributed by atoms with Crippen LogP contribution < -0.4 is 0 Å². The molecule has 23 heavy (non-hydrogen) atoms. The summed E-state index contributed by atoms with van der Waals surface area (Å²) in [6.45, 7) is 0.553. The van der Waals surface area contributed by atoms with Crippen molar-refractivity contribution in [2.45, 2.75) is 6.54 Å². The molecule has 3 rings (SSSR count). The largest absolute Gasteiger partial charge is 0.337 e. The number of hydrogen-bond acceptors (Lipinski definition) is 4. The predicted octanol–water partition coefficient (Wildman–Crippen LogP) is 4.24. The van der Waals surface area contributed by atoms with E-state index in [1.54, 1.807) is 11.9 Å². The van der Waals surface area contributed by atoms with Gasteiger partial charge in [-0.25, -0.2) is 0 Å². The van der Waals surface area contributed by atoms with Crippen LogP contribution in [-0.4, -0.2) is 27.4 Å². The number of carbonyl (C=O) groups is 1. The molecule has 116 valence electrons. The van der Waals surface area contributed by atoms with Crippen LogP contribution >= 0.6 is 27.5 Å². The van der Waals surface area contributed by atoms with Crippen molar-refractivity contribution < 1.29 is 4.79 Å². The number of halogens is 1. The van der Waals surface area contributed by atoms with E-state index in [9.17, 15) is 4.79 Å². The zero-order valence-electron chi connectivity index (χ0n) is 12.4. The van der Waals surface area contributed by atoms with Crippen LogP contribution in [0.3, 0.4) is 0 Å². The molecule has 6 heteroatoms. The van der Waals surface area contributed by atoms with Crippen LogP contribution in [0.2, 0.25) is 0 Å². The quantitative estimate of drug-likeness (QED) is 0.672. The molecule has 0 spiro atoms. The molecule has 0 N–H and O–H groups in total. The van der Waals surface area contributed by atoms with Crippen LogP contribution in [0.5, 0.6) is 0 Å². The lowest BCUT2D eigenvalue weighted by molar-refractivity contribution is 0.0790. The van der Waals surface area contributed by atoms with Crippen molar-refractivity contribution in [3.8, 4) is 11.3 Å². The standard InChI is InChI=1S/C17H14BrN3OS/c1-21(11-12-5-3-2-4-6-12)17(22)16-15(19-20-23-16)13-7-9-14(18)10-8-13/h2-10H,11H2,1H3. The van der Waals surface area contributed by atoms with E-state index in [0.29, 0.717) is 17.1 Å². The van der Waals surface area contributed by atoms with E-state index >= 15 is 0 Å². The van der Waals surface area contributed by atoms with E-state index in [1.807, 2.05) is 54.6 Å². The summed E-state index contributed by atoms with van der Waals surface area (Å²) in [5.74, 6) is -0.0678. The van der Waals surface area contributed by atoms with Gasteiger partial charge in [-0.15, -0.1) is 5.10 Å². The molecule has 0 aliphatic heterocycles. The van der Waals surface area contributed by atoms with Gasteiger partial charge in [-0.2, -0.15) is 0 Å². The third-order valence-electron chi connectivity index (χ3n) is 3.41. The molecule has 0 bridgehead atoms. The first kappa shape index (κ1) is 15.8. The molecule has 0 fully saturated rings. The Hall–Kier alpha value is -2.05. The van der Waals surface area contributed by atoms with Gasteiger partial charge in [0, 0.05) is 23.6 Å². The molecule has 0 aliphatic rings. The Morgan fingerprint density at radius 2 is 1.83 bits per heavy atom. The topological polar surface area (TPSA) is 46.1 Å². The fourth-order valence-electron chi connectivity index (χ4n) is 2.23. The molecular formula is C17H14BrN3OS. The second kappa shape index (κ2) is 7.02. The van der Waals surface area contributed by atoms with E-state index in [2.05, 4.69) is 25.5 Å². The first-order chi connectivity index (χ1) is 11.1. The zero-order chi connectivity index (χ0) is 16.2. The average molecular weight is 388 g/mol. The summed E-state index contributed by atoms with van der Waals surface area (Å²) >= 11 is 4.54. The summed E-state index contributed by atoms with van der Waals surface area (Å²) in [6, 6.07) is 17.6. The van der Waals surface area contributed by atoms with E-state index < -0.39 is 0 Å². The first-order valence-corrected chi connectivity index (χ1v) is 8.59. The average Bonchev–Trinajstić information content (AvgIpc) is 3.05. The van der Waals surface area contributed by atoms with Crippen LogP contribution in [0, 0.1) is 0 Å². The number of aromatic nitrogens is 2. The van der Waals surface area contributed by atoms with Crippen LogP contribution in [0.15, 0.2) is 59.1 Å². The highest BCUT2D eigenvalue weighted by Gasteiger charge is 2.21. The number of hydrogen-bond donors (Lipinski definition) is 0. The van der Waals surface area contributed by atoms with Crippen molar-refractivity contribution in [3.63, 3.8) is 0 Å². The minimum atomic E-state index is -0.0678. The lowest BCUT2D eigenvalue weighted by atomic mass is 10.1. The third-order valence-corrected chi connectivity index (χ3v) is 4.65. The van der Waals surface area contributed by atoms with Crippen LogP contribution in [0.4, 0.5) is 0 Å². The second-order valence-corrected chi connectivity index (χ2v) is 6.77. The molecule has 0 saturated heterocycles. The van der Waals surface area contributed by atoms with Crippen molar-refractivity contribution in [1.82, 2.24) is 14.5 Å². The van der Waals surface area contributed by atoms with E-state index in [1.165, 1.54) is 0 Å². The molecule has 2 aromatic carbocycles. The van der Waals surface area contributed by atoms with Crippen molar-refractivity contribution in [2.24, 2.45) is 0 Å². The van der Waals surface area contributed by atoms with Crippen molar-refractivity contribution in [2.75, 3.05) is 7.05 Å². The van der Waals surface area contributed by atoms with Crippen LogP contribution in [0.25, 0.3) is 11.3 Å². The Kier molecular flexibility index (Phi) is 4.83. The Morgan fingerprint density at radius 3 is 2.52 bits per heavy atom. The molecule has 0 aliphatic carbocycles. The molecule has 1 heterocycles. The molecule has 0 radical (unpaired) electrons. The lowest BCUT2D eigenvalue weighted by Gasteiger charge is -2.16. The van der Waals surface area contributed by atoms with Gasteiger partial charge in [0.25, 0.3) is 5.91 Å². The molecule has 0 atom stereocenters. The Bertz CT molecular complexity index is 802. The van der Waals surface area contributed by atoms with Crippen molar-refractivity contribution in [3.05, 3.63) is 69.5 Å². The van der Waals surface area contributed by atoms with E-state index in [-0.39, 0.29) is 5.91 Å². The highest BCUT2D eigenvalue weighted by Crippen LogP contribution is 2.26. The number of rotatable bonds is 4. The van der Waals surface area contributed by atoms with Gasteiger partial charge in [0.05, 0.1) is 0 Å². The minimum absolute atomic E-state index is 0.0678. The molecule has 1 amide bonds. The zero-order valence-corrected chi connectivity index (χ0v) is 14.8. The minimum Gasteiger partial charge on any atom is -0.337 e. The van der Waals surface area contributed by atoms with Crippen molar-refractivity contribution >= 4 is 33.4 Å². The monoisotopic (exact) mass is 387 g/mol. The Labute approximate surface area is 147 Å². The Morgan fingerprint density at radius 1 is 1.13 bits per heavy atom. The predicted molar refractivity (Wildman–Crippen MR) is 95.3 cm³/mol. The molecular weight excluding hydrogens is 374 g/mol. The lowest BCUT2D eigenvalue weighted by Crippen LogP contribution is -2.25. The summed E-state index contributed by atoms with van der Waals surface area (Å²) in [7, 11) is 1.79. The van der Waals surface area contributed by atoms with Gasteiger partial charge in [-0.1, -0.05) is 62.9 Å². The van der Waals surface area contributed by atoms with Gasteiger partial charge in [-0.05, 0) is 29.2 Å². The van der Waals surface area contributed by atoms with Gasteiger partial charge in [0.15, 0.2) is 0 Å². The fourth-order valence-corrected chi connectivity index (χ4v) is 3.18. The maximum absolute atomic E-state index is 12.7. The third kappa shape index (κ3) is 3.65. The van der Waals surface area contributed by atoms with E-state index in [4.69, 9.17) is 0 Å². The molecule has 3 aromatic rings. The maximum atomic E-state index is 12.7. The first-order valence-electron chi connectivity index (χ1n) is 7.03. The summed E-state index contributed by atoms with van der Waals surface area (Å²) in [5, 5.41) is 4.13. The highest BCUT2D eigenvalue weighted by molar-refractivity contribution is 9.10. The molecule has 0 unspecified atom stereocenters. The Balaban J connectivity index is 1.83. The second-order valence-electron chi connectivity index (χ2n) is 5.10. The highest BCUT2D eigenvalue weighted by atomic mass is 79.9. The maximum Gasteiger partial charge on any atom is 0.267 e. The number of carbonyl (C=O) groups excluding carboxylic acids is 1. The summed E-state index contributed by atoms with van der Waals surface area (Å²) in [4.78, 5) is 15.0. The fraction of sp³-hybridized carbons (Fsp3) is 0.118. The number of nitrogens with zero attached hydrogens (tertiary/aromatic N) is 3. The summed E-state index contributed by atoms with van der Waals surface area (Å²) < 4.78 is 4.95. The normalized spacial score (nSPS) is 10.5. The SMILES string of the molecule is CN(Cc1ccccc1)C(=O)c1snnc1-c1ccc(Br)cc1. The summed E-state index contributed by atoms with van der Waals surface area (Å²) in [5.41, 5.74) is 2.61. The van der Waals surface area contributed by atoms with Gasteiger partial charge in [-0.3, -0.25) is 4.79 Å². The molecule has 0 saturated carbocycles. The van der Waals surface area contributed by atoms with Crippen LogP contribution in [0.1, 0.15) is 15.2 Å². The molecule has 4 nitrogen and oxygen atoms in total. The number of benzene rings is 2. The van der Waals surface area contributed by atoms with Gasteiger partial charge in [0.1, 0.15) is 10.6 Å². The smallest absolute Gasteiger partial charge is 0.267 e. The van der Waals surface area contributed by atoms with Gasteiger partial charge < -0.3 is 4.90 Å². The number of amides is 1. The molecule has 1 aromatic heterocycles. The van der Waals surface area contributed by atoms with Gasteiger partial charge in [0.2, 0.25) is 0 Å². The van der Waals surface area contributed by atoms with E-state index in [0.717, 1.165) is 27.1 Å². The van der Waals surface area contributed by atoms with Crippen LogP contribution in [-0.2, 0) is 6.54 Å². The van der Waals surface area contributed by atoms with Gasteiger partial charge >= 0.3 is 0 Å².